The summed E-state index contributed by atoms with van der Waals surface area (Å²) in [5, 5.41) is 0. The van der Waals surface area contributed by atoms with E-state index in [2.05, 4.69) is 29.2 Å². The molecule has 0 bridgehead atoms. The average Bonchev–Trinajstić information content (AvgIpc) is 3.01. The maximum Gasteiger partial charge on any atom is 0.133 e. The average molecular weight is 267 g/mol. The van der Waals surface area contributed by atoms with Crippen molar-refractivity contribution in [3.05, 3.63) is 59.3 Å². The highest BCUT2D eigenvalue weighted by atomic mass is 15.2. The van der Waals surface area contributed by atoms with E-state index in [9.17, 15) is 0 Å². The summed E-state index contributed by atoms with van der Waals surface area (Å²) in [7, 11) is 0. The molecule has 1 aromatic carbocycles. The Morgan fingerprint density at radius 3 is 2.45 bits per heavy atom. The minimum atomic E-state index is -0.111. The van der Waals surface area contributed by atoms with E-state index < -0.39 is 0 Å². The normalized spacial score (nSPS) is 16.4. The molecular formula is C17H21N3. The van der Waals surface area contributed by atoms with E-state index >= 15 is 0 Å². The Hall–Kier alpha value is -1.87. The van der Waals surface area contributed by atoms with Crippen molar-refractivity contribution in [2.45, 2.75) is 25.8 Å². The van der Waals surface area contributed by atoms with Crippen LogP contribution in [-0.4, -0.2) is 18.1 Å². The molecule has 0 radical (unpaired) electrons. The SMILES string of the molecule is Cc1ccc(C(N)c2ccccc2)c(N2CCCC2)n1. The van der Waals surface area contributed by atoms with Crippen LogP contribution in [0.25, 0.3) is 0 Å². The Labute approximate surface area is 120 Å². The number of nitrogens with zero attached hydrogens (tertiary/aromatic N) is 2. The van der Waals surface area contributed by atoms with Crippen molar-refractivity contribution in [2.24, 2.45) is 5.73 Å². The summed E-state index contributed by atoms with van der Waals surface area (Å²) < 4.78 is 0. The molecule has 0 saturated carbocycles. The van der Waals surface area contributed by atoms with Gasteiger partial charge in [-0.1, -0.05) is 36.4 Å². The first-order chi connectivity index (χ1) is 9.75. The maximum absolute atomic E-state index is 6.47. The summed E-state index contributed by atoms with van der Waals surface area (Å²) >= 11 is 0. The van der Waals surface area contributed by atoms with Crippen LogP contribution in [0.3, 0.4) is 0 Å². The molecule has 2 aromatic rings. The first kappa shape index (κ1) is 13.1. The molecule has 0 spiro atoms. The number of aromatic nitrogens is 1. The van der Waals surface area contributed by atoms with Gasteiger partial charge in [0.15, 0.2) is 0 Å². The fraction of sp³-hybridized carbons (Fsp3) is 0.353. The molecule has 1 aromatic heterocycles. The third-order valence-electron chi connectivity index (χ3n) is 3.94. The van der Waals surface area contributed by atoms with Crippen LogP contribution in [0.4, 0.5) is 5.82 Å². The summed E-state index contributed by atoms with van der Waals surface area (Å²) in [4.78, 5) is 7.11. The van der Waals surface area contributed by atoms with Gasteiger partial charge in [-0.25, -0.2) is 4.98 Å². The second-order valence-electron chi connectivity index (χ2n) is 5.45. The Balaban J connectivity index is 2.00. The molecule has 1 unspecified atom stereocenters. The number of benzene rings is 1. The lowest BCUT2D eigenvalue weighted by Gasteiger charge is -2.23. The van der Waals surface area contributed by atoms with Gasteiger partial charge in [-0.3, -0.25) is 0 Å². The van der Waals surface area contributed by atoms with Crippen LogP contribution >= 0.6 is 0 Å². The van der Waals surface area contributed by atoms with Gasteiger partial charge < -0.3 is 10.6 Å². The second-order valence-corrected chi connectivity index (χ2v) is 5.45. The van der Waals surface area contributed by atoms with Crippen LogP contribution in [0.5, 0.6) is 0 Å². The minimum Gasteiger partial charge on any atom is -0.356 e. The number of pyridine rings is 1. The Morgan fingerprint density at radius 2 is 1.75 bits per heavy atom. The topological polar surface area (TPSA) is 42.1 Å². The number of rotatable bonds is 3. The Bertz CT molecular complexity index is 574. The molecule has 2 heterocycles. The molecule has 1 saturated heterocycles. The van der Waals surface area contributed by atoms with E-state index in [1.165, 1.54) is 12.8 Å². The zero-order valence-electron chi connectivity index (χ0n) is 11.9. The van der Waals surface area contributed by atoms with Gasteiger partial charge in [0.05, 0.1) is 6.04 Å². The van der Waals surface area contributed by atoms with Gasteiger partial charge in [-0.15, -0.1) is 0 Å². The molecule has 1 fully saturated rings. The van der Waals surface area contributed by atoms with Gasteiger partial charge >= 0.3 is 0 Å². The lowest BCUT2D eigenvalue weighted by Crippen LogP contribution is -2.24. The first-order valence-corrected chi connectivity index (χ1v) is 7.29. The van der Waals surface area contributed by atoms with E-state index in [0.717, 1.165) is 35.7 Å². The molecule has 20 heavy (non-hydrogen) atoms. The molecular weight excluding hydrogens is 246 g/mol. The van der Waals surface area contributed by atoms with E-state index in [1.807, 2.05) is 25.1 Å². The van der Waals surface area contributed by atoms with Crippen LogP contribution in [0.1, 0.15) is 35.7 Å². The van der Waals surface area contributed by atoms with Gasteiger partial charge in [-0.2, -0.15) is 0 Å². The molecule has 104 valence electrons. The molecule has 1 aliphatic heterocycles. The van der Waals surface area contributed by atoms with Crippen molar-refractivity contribution in [3.8, 4) is 0 Å². The summed E-state index contributed by atoms with van der Waals surface area (Å²) in [5.74, 6) is 1.07. The smallest absolute Gasteiger partial charge is 0.133 e. The third kappa shape index (κ3) is 2.54. The molecule has 3 rings (SSSR count). The molecule has 2 N–H and O–H groups in total. The summed E-state index contributed by atoms with van der Waals surface area (Å²) in [6, 6.07) is 14.3. The van der Waals surface area contributed by atoms with Gasteiger partial charge in [0, 0.05) is 24.3 Å². The molecule has 3 nitrogen and oxygen atoms in total. The van der Waals surface area contributed by atoms with Crippen LogP contribution in [0.15, 0.2) is 42.5 Å². The fourth-order valence-electron chi connectivity index (χ4n) is 2.82. The number of nitrogens with two attached hydrogens (primary N) is 1. The van der Waals surface area contributed by atoms with E-state index in [-0.39, 0.29) is 6.04 Å². The number of hydrogen-bond donors (Lipinski definition) is 1. The van der Waals surface area contributed by atoms with Crippen LogP contribution in [0, 0.1) is 6.92 Å². The van der Waals surface area contributed by atoms with Crippen molar-refractivity contribution in [1.82, 2.24) is 4.98 Å². The highest BCUT2D eigenvalue weighted by molar-refractivity contribution is 5.52. The molecule has 0 aliphatic carbocycles. The minimum absolute atomic E-state index is 0.111. The molecule has 1 atom stereocenters. The lowest BCUT2D eigenvalue weighted by atomic mass is 9.99. The highest BCUT2D eigenvalue weighted by Crippen LogP contribution is 2.30. The van der Waals surface area contributed by atoms with E-state index in [4.69, 9.17) is 10.7 Å². The predicted molar refractivity (Wildman–Crippen MR) is 82.9 cm³/mol. The van der Waals surface area contributed by atoms with Gasteiger partial charge in [0.2, 0.25) is 0 Å². The van der Waals surface area contributed by atoms with Gasteiger partial charge in [0.25, 0.3) is 0 Å². The van der Waals surface area contributed by atoms with Crippen LogP contribution in [0.2, 0.25) is 0 Å². The van der Waals surface area contributed by atoms with Crippen molar-refractivity contribution >= 4 is 5.82 Å². The Kier molecular flexibility index (Phi) is 3.70. The van der Waals surface area contributed by atoms with Crippen molar-refractivity contribution in [2.75, 3.05) is 18.0 Å². The van der Waals surface area contributed by atoms with E-state index in [0.29, 0.717) is 0 Å². The monoisotopic (exact) mass is 267 g/mol. The van der Waals surface area contributed by atoms with Crippen molar-refractivity contribution in [3.63, 3.8) is 0 Å². The summed E-state index contributed by atoms with van der Waals surface area (Å²) in [5.41, 5.74) is 9.79. The van der Waals surface area contributed by atoms with Crippen LogP contribution < -0.4 is 10.6 Å². The first-order valence-electron chi connectivity index (χ1n) is 7.29. The number of anilines is 1. The highest BCUT2D eigenvalue weighted by Gasteiger charge is 2.21. The predicted octanol–water partition coefficient (Wildman–Crippen LogP) is 3.04. The maximum atomic E-state index is 6.47. The lowest BCUT2D eigenvalue weighted by molar-refractivity contribution is 0.829. The van der Waals surface area contributed by atoms with Crippen molar-refractivity contribution < 1.29 is 0 Å². The fourth-order valence-corrected chi connectivity index (χ4v) is 2.82. The number of hydrogen-bond acceptors (Lipinski definition) is 3. The number of aryl methyl sites for hydroxylation is 1. The van der Waals surface area contributed by atoms with Gasteiger partial charge in [0.1, 0.15) is 5.82 Å². The molecule has 0 amide bonds. The van der Waals surface area contributed by atoms with Crippen molar-refractivity contribution in [1.29, 1.82) is 0 Å². The Morgan fingerprint density at radius 1 is 1.05 bits per heavy atom. The summed E-state index contributed by atoms with van der Waals surface area (Å²) in [6.45, 7) is 4.22. The largest absolute Gasteiger partial charge is 0.356 e. The van der Waals surface area contributed by atoms with Gasteiger partial charge in [-0.05, 0) is 31.4 Å². The molecule has 3 heteroatoms. The summed E-state index contributed by atoms with van der Waals surface area (Å²) in [6.07, 6.45) is 2.49. The quantitative estimate of drug-likeness (QED) is 0.929. The zero-order valence-corrected chi connectivity index (χ0v) is 11.9. The van der Waals surface area contributed by atoms with Crippen LogP contribution in [-0.2, 0) is 0 Å². The third-order valence-corrected chi connectivity index (χ3v) is 3.94. The molecule has 1 aliphatic rings. The zero-order chi connectivity index (χ0) is 13.9. The van der Waals surface area contributed by atoms with E-state index in [1.54, 1.807) is 0 Å². The standard InChI is InChI=1S/C17H21N3/c1-13-9-10-15(16(18)14-7-3-2-4-8-14)17(19-13)20-11-5-6-12-20/h2-4,7-10,16H,5-6,11-12,18H2,1H3. The second kappa shape index (κ2) is 5.63.